The van der Waals surface area contributed by atoms with Crippen LogP contribution < -0.4 is 10.6 Å². The lowest BCUT2D eigenvalue weighted by molar-refractivity contribution is -0.384. The van der Waals surface area contributed by atoms with Gasteiger partial charge in [-0.25, -0.2) is 0 Å². The lowest BCUT2D eigenvalue weighted by Gasteiger charge is -2.20. The second-order valence-corrected chi connectivity index (χ2v) is 9.98. The molecule has 2 N–H and O–H groups in total. The van der Waals surface area contributed by atoms with E-state index in [1.807, 2.05) is 13.8 Å². The Labute approximate surface area is 218 Å². The summed E-state index contributed by atoms with van der Waals surface area (Å²) in [5, 5.41) is 26.1. The van der Waals surface area contributed by atoms with Gasteiger partial charge in [0.25, 0.3) is 11.6 Å². The van der Waals surface area contributed by atoms with Crippen LogP contribution in [0.5, 0.6) is 0 Å². The number of hydrogen-bond donors (Lipinski definition) is 2. The number of nitrogens with zero attached hydrogens (tertiary/aromatic N) is 4. The third-order valence-electron chi connectivity index (χ3n) is 5.35. The molecule has 2 amide bonds. The minimum atomic E-state index is -0.511. The van der Waals surface area contributed by atoms with Crippen molar-refractivity contribution in [2.75, 3.05) is 11.1 Å². The van der Waals surface area contributed by atoms with Gasteiger partial charge in [0.05, 0.1) is 33.0 Å². The molecule has 0 aliphatic rings. The highest BCUT2D eigenvalue weighted by molar-refractivity contribution is 7.99. The molecule has 36 heavy (non-hydrogen) atoms. The van der Waals surface area contributed by atoms with Crippen molar-refractivity contribution in [1.82, 2.24) is 20.1 Å². The number of thioether (sulfide) groups is 1. The largest absolute Gasteiger partial charge is 0.342 e. The minimum absolute atomic E-state index is 0.0228. The quantitative estimate of drug-likeness (QED) is 0.215. The average Bonchev–Trinajstić information content (AvgIpc) is 3.18. The number of nitro benzene ring substituents is 1. The molecule has 0 saturated heterocycles. The van der Waals surface area contributed by atoms with Gasteiger partial charge >= 0.3 is 0 Å². The molecule has 0 unspecified atom stereocenters. The molecule has 0 bridgehead atoms. The maximum Gasteiger partial charge on any atom is 0.271 e. The van der Waals surface area contributed by atoms with E-state index in [1.165, 1.54) is 23.9 Å². The summed E-state index contributed by atoms with van der Waals surface area (Å²) in [5.41, 5.74) is 1.37. The first-order chi connectivity index (χ1) is 17.1. The standard InChI is InChI=1S/C24H27ClN6O4S/c1-14(2)11-20(27-23(33)17-7-5-6-8-18(17)25)22-28-29-24(30(22)4)36-13-21(32)26-19-12-16(31(34)35)10-9-15(19)3/h5-10,12,14,20H,11,13H2,1-4H3,(H,26,32)(H,27,33)/t20-/m1/s1. The van der Waals surface area contributed by atoms with Gasteiger partial charge in [-0.15, -0.1) is 10.2 Å². The van der Waals surface area contributed by atoms with E-state index in [9.17, 15) is 19.7 Å². The number of benzene rings is 2. The van der Waals surface area contributed by atoms with E-state index in [4.69, 9.17) is 11.6 Å². The van der Waals surface area contributed by atoms with Crippen LogP contribution in [0.4, 0.5) is 11.4 Å². The van der Waals surface area contributed by atoms with Gasteiger partial charge < -0.3 is 15.2 Å². The van der Waals surface area contributed by atoms with Gasteiger partial charge in [0.1, 0.15) is 0 Å². The fourth-order valence-electron chi connectivity index (χ4n) is 3.51. The van der Waals surface area contributed by atoms with Gasteiger partial charge in [-0.1, -0.05) is 55.4 Å². The monoisotopic (exact) mass is 530 g/mol. The van der Waals surface area contributed by atoms with Crippen LogP contribution in [0.25, 0.3) is 0 Å². The molecule has 0 spiro atoms. The van der Waals surface area contributed by atoms with E-state index in [1.54, 1.807) is 48.9 Å². The third-order valence-corrected chi connectivity index (χ3v) is 6.70. The van der Waals surface area contributed by atoms with E-state index >= 15 is 0 Å². The number of carbonyl (C=O) groups is 2. The number of nitrogens with one attached hydrogen (secondary N) is 2. The second kappa shape index (κ2) is 12.0. The molecule has 190 valence electrons. The summed E-state index contributed by atoms with van der Waals surface area (Å²) in [6, 6.07) is 10.7. The van der Waals surface area contributed by atoms with Crippen LogP contribution in [0.2, 0.25) is 5.02 Å². The molecule has 0 radical (unpaired) electrons. The summed E-state index contributed by atoms with van der Waals surface area (Å²) in [5.74, 6) is 0.198. The number of carbonyl (C=O) groups excluding carboxylic acids is 2. The number of rotatable bonds is 10. The van der Waals surface area contributed by atoms with Crippen LogP contribution in [0.3, 0.4) is 0 Å². The number of halogens is 1. The van der Waals surface area contributed by atoms with Crippen LogP contribution in [0.15, 0.2) is 47.6 Å². The Morgan fingerprint density at radius 1 is 1.19 bits per heavy atom. The second-order valence-electron chi connectivity index (χ2n) is 8.63. The molecule has 1 heterocycles. The molecule has 3 aromatic rings. The highest BCUT2D eigenvalue weighted by atomic mass is 35.5. The number of aromatic nitrogens is 3. The third kappa shape index (κ3) is 6.82. The molecule has 1 atom stereocenters. The van der Waals surface area contributed by atoms with Crippen molar-refractivity contribution in [3.05, 3.63) is 74.6 Å². The molecule has 1 aromatic heterocycles. The molecule has 12 heteroatoms. The number of aryl methyl sites for hydroxylation is 1. The van der Waals surface area contributed by atoms with Crippen molar-refractivity contribution in [3.8, 4) is 0 Å². The normalized spacial score (nSPS) is 11.8. The molecule has 0 saturated carbocycles. The summed E-state index contributed by atoms with van der Waals surface area (Å²) in [7, 11) is 1.77. The molecular formula is C24H27ClN6O4S. The van der Waals surface area contributed by atoms with Gasteiger partial charge in [0, 0.05) is 19.2 Å². The smallest absolute Gasteiger partial charge is 0.271 e. The first-order valence-corrected chi connectivity index (χ1v) is 12.6. The van der Waals surface area contributed by atoms with Gasteiger partial charge in [-0.05, 0) is 37.0 Å². The number of nitro groups is 1. The zero-order chi connectivity index (χ0) is 26.4. The molecule has 3 rings (SSSR count). The lowest BCUT2D eigenvalue weighted by Crippen LogP contribution is -2.31. The Morgan fingerprint density at radius 3 is 2.58 bits per heavy atom. The number of hydrogen-bond acceptors (Lipinski definition) is 7. The topological polar surface area (TPSA) is 132 Å². The van der Waals surface area contributed by atoms with Crippen LogP contribution in [-0.4, -0.2) is 37.3 Å². The van der Waals surface area contributed by atoms with Crippen LogP contribution in [0.1, 0.15) is 48.1 Å². The summed E-state index contributed by atoms with van der Waals surface area (Å²) >= 11 is 7.36. The fraction of sp³-hybridized carbons (Fsp3) is 0.333. The van der Waals surface area contributed by atoms with Crippen molar-refractivity contribution >= 4 is 46.6 Å². The molecule has 0 fully saturated rings. The Hall–Kier alpha value is -3.44. The zero-order valence-electron chi connectivity index (χ0n) is 20.3. The first-order valence-electron chi connectivity index (χ1n) is 11.2. The Kier molecular flexibility index (Phi) is 9.05. The van der Waals surface area contributed by atoms with Gasteiger partial charge in [0.15, 0.2) is 11.0 Å². The van der Waals surface area contributed by atoms with Crippen molar-refractivity contribution in [1.29, 1.82) is 0 Å². The van der Waals surface area contributed by atoms with E-state index in [0.29, 0.717) is 39.2 Å². The molecule has 0 aliphatic carbocycles. The molecular weight excluding hydrogens is 504 g/mol. The lowest BCUT2D eigenvalue weighted by atomic mass is 10.0. The Morgan fingerprint density at radius 2 is 1.92 bits per heavy atom. The van der Waals surface area contributed by atoms with E-state index in [0.717, 1.165) is 0 Å². The van der Waals surface area contributed by atoms with Gasteiger partial charge in [0.2, 0.25) is 5.91 Å². The molecule has 2 aromatic carbocycles. The summed E-state index contributed by atoms with van der Waals surface area (Å²) in [4.78, 5) is 35.9. The summed E-state index contributed by atoms with van der Waals surface area (Å²) in [6.07, 6.45) is 0.624. The Balaban J connectivity index is 1.70. The van der Waals surface area contributed by atoms with Crippen molar-refractivity contribution < 1.29 is 14.5 Å². The number of non-ortho nitro benzene ring substituents is 1. The minimum Gasteiger partial charge on any atom is -0.342 e. The maximum absolute atomic E-state index is 12.9. The molecule has 0 aliphatic heterocycles. The average molecular weight is 531 g/mol. The predicted molar refractivity (Wildman–Crippen MR) is 139 cm³/mol. The van der Waals surface area contributed by atoms with E-state index in [2.05, 4.69) is 20.8 Å². The highest BCUT2D eigenvalue weighted by Crippen LogP contribution is 2.26. The van der Waals surface area contributed by atoms with Crippen molar-refractivity contribution in [3.63, 3.8) is 0 Å². The van der Waals surface area contributed by atoms with Crippen LogP contribution in [-0.2, 0) is 11.8 Å². The SMILES string of the molecule is Cc1ccc([N+](=O)[O-])cc1NC(=O)CSc1nnc([C@@H](CC(C)C)NC(=O)c2ccccc2Cl)n1C. The van der Waals surface area contributed by atoms with Crippen molar-refractivity contribution in [2.24, 2.45) is 13.0 Å². The number of amides is 2. The summed E-state index contributed by atoms with van der Waals surface area (Å²) < 4.78 is 1.75. The maximum atomic E-state index is 12.9. The van der Waals surface area contributed by atoms with Gasteiger partial charge in [-0.2, -0.15) is 0 Å². The summed E-state index contributed by atoms with van der Waals surface area (Å²) in [6.45, 7) is 5.84. The highest BCUT2D eigenvalue weighted by Gasteiger charge is 2.24. The first kappa shape index (κ1) is 27.2. The van der Waals surface area contributed by atoms with Crippen LogP contribution in [0, 0.1) is 23.0 Å². The van der Waals surface area contributed by atoms with Crippen LogP contribution >= 0.6 is 23.4 Å². The number of anilines is 1. The predicted octanol–water partition coefficient (Wildman–Crippen LogP) is 4.93. The fourth-order valence-corrected chi connectivity index (χ4v) is 4.45. The Bertz CT molecular complexity index is 1280. The van der Waals surface area contributed by atoms with Crippen molar-refractivity contribution in [2.45, 2.75) is 38.4 Å². The van der Waals surface area contributed by atoms with E-state index in [-0.39, 0.29) is 29.2 Å². The zero-order valence-corrected chi connectivity index (χ0v) is 21.9. The molecule has 10 nitrogen and oxygen atoms in total. The van der Waals surface area contributed by atoms with Gasteiger partial charge in [-0.3, -0.25) is 19.7 Å². The van der Waals surface area contributed by atoms with E-state index < -0.39 is 11.0 Å².